The number of nitrogens with two attached hydrogens (primary N) is 1. The SMILES string of the molecule is CN(CCCOCCCc1cccc2c1OC(=O)C2C1CCC(=O)NC1=O)C(=O)c1ccc(-n2cc(NC(=O)c3coc(-c4ccnc(NCC(F)(F)F)c4)n3)c(C(N)=O)n2)cc1. The second kappa shape index (κ2) is 18.7. The molecule has 5 amide bonds. The molecule has 2 atom stereocenters. The van der Waals surface area contributed by atoms with Crippen LogP contribution in [0.4, 0.5) is 24.7 Å². The number of para-hydroxylation sites is 1. The van der Waals surface area contributed by atoms with Crippen LogP contribution in [-0.2, 0) is 25.5 Å². The molecular formula is C42H40F3N9O9. The minimum atomic E-state index is -4.46. The number of nitrogens with one attached hydrogen (secondary N) is 3. The fourth-order valence-corrected chi connectivity index (χ4v) is 7.15. The average Bonchev–Trinajstić information content (AvgIpc) is 4.00. The van der Waals surface area contributed by atoms with E-state index in [0.29, 0.717) is 61.6 Å². The van der Waals surface area contributed by atoms with E-state index in [1.54, 1.807) is 42.3 Å². The minimum Gasteiger partial charge on any atom is -0.444 e. The number of imide groups is 1. The first-order valence-electron chi connectivity index (χ1n) is 19.7. The van der Waals surface area contributed by atoms with Crippen molar-refractivity contribution in [2.24, 2.45) is 11.7 Å². The number of hydrogen-bond donors (Lipinski definition) is 4. The van der Waals surface area contributed by atoms with E-state index in [1.165, 1.54) is 29.2 Å². The van der Waals surface area contributed by atoms with Gasteiger partial charge in [-0.1, -0.05) is 18.2 Å². The number of hydrogen-bond acceptors (Lipinski definition) is 13. The molecule has 2 aliphatic rings. The average molecular weight is 872 g/mol. The molecule has 0 bridgehead atoms. The maximum atomic E-state index is 13.2. The van der Waals surface area contributed by atoms with E-state index in [1.807, 2.05) is 12.1 Å². The summed E-state index contributed by atoms with van der Waals surface area (Å²) in [5.41, 5.74) is 7.57. The zero-order valence-corrected chi connectivity index (χ0v) is 33.6. The van der Waals surface area contributed by atoms with E-state index in [4.69, 9.17) is 19.6 Å². The predicted molar refractivity (Wildman–Crippen MR) is 216 cm³/mol. The van der Waals surface area contributed by atoms with E-state index < -0.39 is 48.2 Å². The molecule has 2 unspecified atom stereocenters. The summed E-state index contributed by atoms with van der Waals surface area (Å²) < 4.78 is 55.9. The summed E-state index contributed by atoms with van der Waals surface area (Å²) in [4.78, 5) is 84.9. The van der Waals surface area contributed by atoms with Crippen LogP contribution in [0.1, 0.15) is 74.1 Å². The lowest BCUT2D eigenvalue weighted by Gasteiger charge is -2.24. The third-order valence-electron chi connectivity index (χ3n) is 10.3. The van der Waals surface area contributed by atoms with Crippen molar-refractivity contribution in [3.05, 3.63) is 101 Å². The molecule has 5 N–H and O–H groups in total. The number of ether oxygens (including phenoxy) is 2. The van der Waals surface area contributed by atoms with E-state index in [2.05, 4.69) is 31.0 Å². The highest BCUT2D eigenvalue weighted by Crippen LogP contribution is 2.44. The molecule has 7 rings (SSSR count). The normalized spacial score (nSPS) is 16.0. The Balaban J connectivity index is 0.869. The number of nitrogens with zero attached hydrogens (tertiary/aromatic N) is 5. The van der Waals surface area contributed by atoms with Crippen LogP contribution >= 0.6 is 0 Å². The zero-order chi connectivity index (χ0) is 44.8. The molecule has 0 spiro atoms. The van der Waals surface area contributed by atoms with Crippen LogP contribution in [0.15, 0.2) is 77.7 Å². The Morgan fingerprint density at radius 2 is 1.84 bits per heavy atom. The number of benzene rings is 2. The summed E-state index contributed by atoms with van der Waals surface area (Å²) in [6, 6.07) is 14.5. The molecule has 18 nitrogen and oxygen atoms in total. The van der Waals surface area contributed by atoms with Gasteiger partial charge in [0, 0.05) is 56.1 Å². The first kappa shape index (κ1) is 43.7. The second-order valence-electron chi connectivity index (χ2n) is 14.7. The van der Waals surface area contributed by atoms with Gasteiger partial charge >= 0.3 is 12.1 Å². The number of anilines is 2. The predicted octanol–water partition coefficient (Wildman–Crippen LogP) is 4.41. The Bertz CT molecular complexity index is 2560. The van der Waals surface area contributed by atoms with Gasteiger partial charge in [-0.15, -0.1) is 0 Å². The summed E-state index contributed by atoms with van der Waals surface area (Å²) in [5, 5.41) is 11.2. The Labute approximate surface area is 356 Å². The number of piperidine rings is 1. The Morgan fingerprint density at radius 1 is 1.06 bits per heavy atom. The molecule has 2 aliphatic heterocycles. The summed E-state index contributed by atoms with van der Waals surface area (Å²) in [6.07, 6.45) is 1.40. The molecule has 0 saturated carbocycles. The molecular weight excluding hydrogens is 832 g/mol. The van der Waals surface area contributed by atoms with Crippen molar-refractivity contribution >= 4 is 47.0 Å². The summed E-state index contributed by atoms with van der Waals surface area (Å²) in [7, 11) is 1.67. The highest BCUT2D eigenvalue weighted by atomic mass is 19.4. The maximum Gasteiger partial charge on any atom is 0.405 e. The minimum absolute atomic E-state index is 0.0454. The summed E-state index contributed by atoms with van der Waals surface area (Å²) >= 11 is 0. The van der Waals surface area contributed by atoms with Gasteiger partial charge in [0.1, 0.15) is 24.4 Å². The number of fused-ring (bicyclic) bond motifs is 1. The molecule has 5 aromatic rings. The van der Waals surface area contributed by atoms with Gasteiger partial charge in [0.2, 0.25) is 17.7 Å². The van der Waals surface area contributed by atoms with Gasteiger partial charge in [0.05, 0.1) is 29.4 Å². The van der Waals surface area contributed by atoms with Crippen molar-refractivity contribution in [1.29, 1.82) is 0 Å². The molecule has 328 valence electrons. The lowest BCUT2D eigenvalue weighted by atomic mass is 9.81. The van der Waals surface area contributed by atoms with Gasteiger partial charge in [-0.25, -0.2) is 14.6 Å². The number of carbonyl (C=O) groups is 6. The first-order valence-corrected chi connectivity index (χ1v) is 19.7. The number of alkyl halides is 3. The molecule has 0 radical (unpaired) electrons. The van der Waals surface area contributed by atoms with Gasteiger partial charge in [-0.05, 0) is 67.6 Å². The summed E-state index contributed by atoms with van der Waals surface area (Å²) in [6.45, 7) is -0.0768. The number of oxazole rings is 1. The first-order chi connectivity index (χ1) is 30.1. The smallest absolute Gasteiger partial charge is 0.405 e. The van der Waals surface area contributed by atoms with Crippen LogP contribution in [0.25, 0.3) is 17.1 Å². The van der Waals surface area contributed by atoms with Crippen molar-refractivity contribution in [3.8, 4) is 22.9 Å². The van der Waals surface area contributed by atoms with Gasteiger partial charge in [0.25, 0.3) is 17.7 Å². The number of halogens is 3. The monoisotopic (exact) mass is 871 g/mol. The largest absolute Gasteiger partial charge is 0.444 e. The van der Waals surface area contributed by atoms with Crippen LogP contribution in [0, 0.1) is 5.92 Å². The number of rotatable bonds is 17. The number of primary amides is 1. The topological polar surface area (TPSA) is 243 Å². The Morgan fingerprint density at radius 3 is 2.59 bits per heavy atom. The second-order valence-corrected chi connectivity index (χ2v) is 14.7. The van der Waals surface area contributed by atoms with Gasteiger partial charge < -0.3 is 35.2 Å². The van der Waals surface area contributed by atoms with Crippen molar-refractivity contribution in [2.45, 2.75) is 44.2 Å². The molecule has 21 heteroatoms. The molecule has 0 aliphatic carbocycles. The van der Waals surface area contributed by atoms with Crippen molar-refractivity contribution < 1.29 is 55.8 Å². The number of carbonyl (C=O) groups excluding carboxylic acids is 6. The highest BCUT2D eigenvalue weighted by molar-refractivity contribution is 6.07. The molecule has 2 aromatic carbocycles. The van der Waals surface area contributed by atoms with Crippen LogP contribution in [0.3, 0.4) is 0 Å². The van der Waals surface area contributed by atoms with E-state index >= 15 is 0 Å². The third kappa shape index (κ3) is 10.4. The van der Waals surface area contributed by atoms with Crippen LogP contribution in [-0.4, -0.2) is 99.7 Å². The highest BCUT2D eigenvalue weighted by Gasteiger charge is 2.45. The fraction of sp³-hybridized carbons (Fsp3) is 0.310. The van der Waals surface area contributed by atoms with E-state index in [9.17, 15) is 41.9 Å². The Kier molecular flexibility index (Phi) is 12.9. The zero-order valence-electron chi connectivity index (χ0n) is 33.6. The Hall–Kier alpha value is -7.42. The van der Waals surface area contributed by atoms with Crippen molar-refractivity contribution in [1.82, 2.24) is 30.0 Å². The standard InChI is InChI=1S/C42H40F3N9O9/c1-53(16-4-18-61-17-3-6-23-5-2-7-27-33(41(60)63-35(23)27)28-12-13-32(55)51-37(28)57)40(59)24-8-10-26(11-9-24)54-20-29(34(52-54)36(46)56)49-38(58)30-21-62-39(50-30)25-14-15-47-31(19-25)48-22-42(43,44)45/h2,5,7-11,14-15,19-21,28,33H,3-4,6,12-13,16-18,22H2,1H3,(H2,46,56)(H,47,48)(H,49,58)(H,51,55,57). The van der Waals surface area contributed by atoms with E-state index in [0.717, 1.165) is 11.8 Å². The lowest BCUT2D eigenvalue weighted by molar-refractivity contribution is -0.143. The number of aromatic nitrogens is 4. The molecule has 63 heavy (non-hydrogen) atoms. The molecule has 1 fully saturated rings. The van der Waals surface area contributed by atoms with Crippen LogP contribution < -0.4 is 26.4 Å². The number of aryl methyl sites for hydroxylation is 1. The van der Waals surface area contributed by atoms with Gasteiger partial charge in [-0.3, -0.25) is 34.1 Å². The molecule has 5 heterocycles. The lowest BCUT2D eigenvalue weighted by Crippen LogP contribution is -2.44. The number of amides is 5. The van der Waals surface area contributed by atoms with Crippen molar-refractivity contribution in [2.75, 3.05) is 44.0 Å². The van der Waals surface area contributed by atoms with E-state index in [-0.39, 0.29) is 59.0 Å². The van der Waals surface area contributed by atoms with Crippen molar-refractivity contribution in [3.63, 3.8) is 0 Å². The number of esters is 1. The maximum absolute atomic E-state index is 13.2. The third-order valence-corrected chi connectivity index (χ3v) is 10.3. The number of pyridine rings is 1. The van der Waals surface area contributed by atoms with Crippen LogP contribution in [0.2, 0.25) is 0 Å². The van der Waals surface area contributed by atoms with Crippen LogP contribution in [0.5, 0.6) is 5.75 Å². The fourth-order valence-electron chi connectivity index (χ4n) is 7.15. The summed E-state index contributed by atoms with van der Waals surface area (Å²) in [5.74, 6) is -4.39. The quantitative estimate of drug-likeness (QED) is 0.0439. The van der Waals surface area contributed by atoms with Gasteiger partial charge in [-0.2, -0.15) is 18.3 Å². The van der Waals surface area contributed by atoms with Gasteiger partial charge in [0.15, 0.2) is 11.4 Å². The molecule has 1 saturated heterocycles. The molecule has 3 aromatic heterocycles.